The lowest BCUT2D eigenvalue weighted by molar-refractivity contribution is -0.0211. The Morgan fingerprint density at radius 3 is 2.27 bits per heavy atom. The SMILES string of the molecule is CCCC1CCC(C2CCC(C=C(F)C#N)(OC)CC2)CC1. The molecule has 2 nitrogen and oxygen atoms in total. The highest BCUT2D eigenvalue weighted by Crippen LogP contribution is 2.44. The summed E-state index contributed by atoms with van der Waals surface area (Å²) in [6.07, 6.45) is 13.5. The van der Waals surface area contributed by atoms with Crippen LogP contribution >= 0.6 is 0 Å². The maximum absolute atomic E-state index is 13.3. The lowest BCUT2D eigenvalue weighted by atomic mass is 9.67. The first kappa shape index (κ1) is 17.5. The highest BCUT2D eigenvalue weighted by Gasteiger charge is 2.37. The van der Waals surface area contributed by atoms with Crippen LogP contribution in [0, 0.1) is 29.1 Å². The number of hydrogen-bond donors (Lipinski definition) is 0. The average molecular weight is 307 g/mol. The third-order valence-corrected chi connectivity index (χ3v) is 6.03. The molecule has 0 aromatic carbocycles. The van der Waals surface area contributed by atoms with Crippen LogP contribution in [0.25, 0.3) is 0 Å². The Kier molecular flexibility index (Phi) is 6.44. The van der Waals surface area contributed by atoms with Gasteiger partial charge in [-0.3, -0.25) is 0 Å². The van der Waals surface area contributed by atoms with E-state index in [0.717, 1.165) is 43.4 Å². The van der Waals surface area contributed by atoms with E-state index in [2.05, 4.69) is 6.92 Å². The van der Waals surface area contributed by atoms with Gasteiger partial charge >= 0.3 is 0 Å². The van der Waals surface area contributed by atoms with Gasteiger partial charge in [-0.2, -0.15) is 9.65 Å². The monoisotopic (exact) mass is 307 g/mol. The lowest BCUT2D eigenvalue weighted by Gasteiger charge is -2.41. The van der Waals surface area contributed by atoms with Crippen molar-refractivity contribution in [3.63, 3.8) is 0 Å². The molecule has 0 heterocycles. The first-order chi connectivity index (χ1) is 10.6. The minimum Gasteiger partial charge on any atom is -0.374 e. The van der Waals surface area contributed by atoms with Gasteiger partial charge in [0.15, 0.2) is 5.83 Å². The van der Waals surface area contributed by atoms with Gasteiger partial charge < -0.3 is 4.74 Å². The Morgan fingerprint density at radius 2 is 1.77 bits per heavy atom. The summed E-state index contributed by atoms with van der Waals surface area (Å²) in [5.74, 6) is 1.87. The summed E-state index contributed by atoms with van der Waals surface area (Å²) in [7, 11) is 1.64. The molecule has 2 aliphatic rings. The van der Waals surface area contributed by atoms with E-state index in [-0.39, 0.29) is 0 Å². The second-order valence-electron chi connectivity index (χ2n) is 7.28. The number of halogens is 1. The number of rotatable bonds is 5. The topological polar surface area (TPSA) is 33.0 Å². The molecule has 0 amide bonds. The van der Waals surface area contributed by atoms with Crippen LogP contribution in [0.1, 0.15) is 71.1 Å². The molecule has 0 aromatic rings. The summed E-state index contributed by atoms with van der Waals surface area (Å²) >= 11 is 0. The van der Waals surface area contributed by atoms with Crippen molar-refractivity contribution in [1.29, 1.82) is 5.26 Å². The van der Waals surface area contributed by atoms with E-state index in [1.165, 1.54) is 44.6 Å². The van der Waals surface area contributed by atoms with Gasteiger partial charge in [-0.05, 0) is 62.4 Å². The smallest absolute Gasteiger partial charge is 0.198 e. The molecule has 2 rings (SSSR count). The van der Waals surface area contributed by atoms with Gasteiger partial charge in [0.25, 0.3) is 0 Å². The van der Waals surface area contributed by atoms with Crippen molar-refractivity contribution in [2.24, 2.45) is 17.8 Å². The van der Waals surface area contributed by atoms with Crippen LogP contribution in [0.15, 0.2) is 11.9 Å². The standard InChI is InChI=1S/C19H30FNO/c1-3-4-15-5-7-16(8-6-15)17-9-11-19(22-2,12-10-17)13-18(20)14-21/h13,15-17H,3-12H2,1-2H3. The molecule has 124 valence electrons. The Balaban J connectivity index is 1.86. The molecular formula is C19H30FNO. The number of methoxy groups -OCH3 is 1. The van der Waals surface area contributed by atoms with Crippen molar-refractivity contribution in [1.82, 2.24) is 0 Å². The Bertz CT molecular complexity index is 410. The van der Waals surface area contributed by atoms with E-state index >= 15 is 0 Å². The molecule has 0 bridgehead atoms. The minimum atomic E-state index is -0.708. The van der Waals surface area contributed by atoms with Crippen molar-refractivity contribution >= 4 is 0 Å². The van der Waals surface area contributed by atoms with E-state index in [1.807, 2.05) is 0 Å². The molecule has 0 saturated heterocycles. The number of hydrogen-bond acceptors (Lipinski definition) is 2. The largest absolute Gasteiger partial charge is 0.374 e. The Hall–Kier alpha value is -0.880. The fraction of sp³-hybridized carbons (Fsp3) is 0.842. The summed E-state index contributed by atoms with van der Waals surface area (Å²) in [6, 6.07) is 1.58. The van der Waals surface area contributed by atoms with Gasteiger partial charge in [-0.25, -0.2) is 0 Å². The van der Waals surface area contributed by atoms with Gasteiger partial charge in [0, 0.05) is 7.11 Å². The predicted octanol–water partition coefficient (Wildman–Crippen LogP) is 5.55. The maximum Gasteiger partial charge on any atom is 0.198 e. The lowest BCUT2D eigenvalue weighted by Crippen LogP contribution is -2.37. The first-order valence-corrected chi connectivity index (χ1v) is 8.96. The Labute approximate surface area is 134 Å². The molecule has 2 aliphatic carbocycles. The molecule has 0 unspecified atom stereocenters. The van der Waals surface area contributed by atoms with Crippen LogP contribution in [-0.4, -0.2) is 12.7 Å². The van der Waals surface area contributed by atoms with E-state index in [0.29, 0.717) is 0 Å². The van der Waals surface area contributed by atoms with Gasteiger partial charge in [0.2, 0.25) is 0 Å². The molecule has 3 heteroatoms. The quantitative estimate of drug-likeness (QED) is 0.624. The summed E-state index contributed by atoms with van der Waals surface area (Å²) in [5.41, 5.74) is -0.546. The predicted molar refractivity (Wildman–Crippen MR) is 86.9 cm³/mol. The summed E-state index contributed by atoms with van der Waals surface area (Å²) < 4.78 is 18.9. The molecule has 0 spiro atoms. The molecule has 22 heavy (non-hydrogen) atoms. The molecule has 0 N–H and O–H groups in total. The fourth-order valence-corrected chi connectivity index (χ4v) is 4.63. The number of allylic oxidation sites excluding steroid dienone is 1. The normalized spacial score (nSPS) is 36.8. The summed E-state index contributed by atoms with van der Waals surface area (Å²) in [5, 5.41) is 8.65. The molecule has 0 atom stereocenters. The highest BCUT2D eigenvalue weighted by atomic mass is 19.1. The number of nitrogens with zero attached hydrogens (tertiary/aromatic N) is 1. The molecular weight excluding hydrogens is 277 g/mol. The minimum absolute atomic E-state index is 0.546. The van der Waals surface area contributed by atoms with E-state index in [9.17, 15) is 4.39 Å². The number of ether oxygens (including phenoxy) is 1. The van der Waals surface area contributed by atoms with Crippen LogP contribution in [0.3, 0.4) is 0 Å². The van der Waals surface area contributed by atoms with Crippen LogP contribution < -0.4 is 0 Å². The van der Waals surface area contributed by atoms with Crippen LogP contribution in [0.2, 0.25) is 0 Å². The molecule has 0 aromatic heterocycles. The second-order valence-corrected chi connectivity index (χ2v) is 7.28. The first-order valence-electron chi connectivity index (χ1n) is 8.96. The zero-order valence-corrected chi connectivity index (χ0v) is 14.1. The average Bonchev–Trinajstić information content (AvgIpc) is 2.56. The maximum atomic E-state index is 13.3. The zero-order valence-electron chi connectivity index (χ0n) is 14.1. The van der Waals surface area contributed by atoms with E-state index in [4.69, 9.17) is 10.00 Å². The molecule has 2 saturated carbocycles. The Morgan fingerprint density at radius 1 is 1.18 bits per heavy atom. The molecule has 0 aliphatic heterocycles. The van der Waals surface area contributed by atoms with Crippen LogP contribution in [0.4, 0.5) is 4.39 Å². The fourth-order valence-electron chi connectivity index (χ4n) is 4.63. The molecule has 0 radical (unpaired) electrons. The van der Waals surface area contributed by atoms with Crippen LogP contribution in [-0.2, 0) is 4.74 Å². The summed E-state index contributed by atoms with van der Waals surface area (Å²) in [6.45, 7) is 2.28. The third kappa shape index (κ3) is 4.32. The van der Waals surface area contributed by atoms with E-state index < -0.39 is 11.4 Å². The van der Waals surface area contributed by atoms with Gasteiger partial charge in [0.1, 0.15) is 6.07 Å². The van der Waals surface area contributed by atoms with Crippen molar-refractivity contribution < 1.29 is 9.13 Å². The van der Waals surface area contributed by atoms with Crippen molar-refractivity contribution in [2.75, 3.05) is 7.11 Å². The second kappa shape index (κ2) is 8.11. The van der Waals surface area contributed by atoms with Gasteiger partial charge in [-0.1, -0.05) is 32.6 Å². The van der Waals surface area contributed by atoms with Crippen LogP contribution in [0.5, 0.6) is 0 Å². The number of nitriles is 1. The van der Waals surface area contributed by atoms with Gasteiger partial charge in [-0.15, -0.1) is 0 Å². The van der Waals surface area contributed by atoms with Crippen molar-refractivity contribution in [3.8, 4) is 6.07 Å². The van der Waals surface area contributed by atoms with E-state index in [1.54, 1.807) is 13.2 Å². The zero-order chi connectivity index (χ0) is 16.0. The van der Waals surface area contributed by atoms with Gasteiger partial charge in [0.05, 0.1) is 5.60 Å². The molecule has 2 fully saturated rings. The summed E-state index contributed by atoms with van der Waals surface area (Å²) in [4.78, 5) is 0. The van der Waals surface area contributed by atoms with Crippen molar-refractivity contribution in [2.45, 2.75) is 76.7 Å². The third-order valence-electron chi connectivity index (χ3n) is 6.03. The highest BCUT2D eigenvalue weighted by molar-refractivity contribution is 5.19. The van der Waals surface area contributed by atoms with Crippen molar-refractivity contribution in [3.05, 3.63) is 11.9 Å².